The summed E-state index contributed by atoms with van der Waals surface area (Å²) in [7, 11) is 0. The van der Waals surface area contributed by atoms with Gasteiger partial charge in [-0.05, 0) is 12.8 Å². The van der Waals surface area contributed by atoms with Crippen LogP contribution in [0.5, 0.6) is 0 Å². The molecule has 0 saturated carbocycles. The average Bonchev–Trinajstić information content (AvgIpc) is 2.41. The topological polar surface area (TPSA) is 18.5 Å². The summed E-state index contributed by atoms with van der Waals surface area (Å²) in [5, 5.41) is 0. The molecule has 0 aromatic carbocycles. The van der Waals surface area contributed by atoms with Gasteiger partial charge in [0.25, 0.3) is 5.92 Å². The molecule has 0 bridgehead atoms. The van der Waals surface area contributed by atoms with E-state index in [9.17, 15) is 17.6 Å². The monoisotopic (exact) mass is 286 g/mol. The van der Waals surface area contributed by atoms with Gasteiger partial charge in [-0.2, -0.15) is 0 Å². The normalized spacial score (nSPS) is 10.5. The van der Waals surface area contributed by atoms with Crippen molar-refractivity contribution in [2.75, 3.05) is 39.8 Å². The number of hydrogen-bond donors (Lipinski definition) is 0. The number of ether oxygens (including phenoxy) is 2. The van der Waals surface area contributed by atoms with Crippen molar-refractivity contribution in [2.24, 2.45) is 0 Å². The molecular formula is C13H22F4O2. The molecule has 0 radical (unpaired) electrons. The fraction of sp³-hybridized carbons (Fsp3) is 0.692. The summed E-state index contributed by atoms with van der Waals surface area (Å²) < 4.78 is 56.1. The number of alkyl halides is 4. The summed E-state index contributed by atoms with van der Waals surface area (Å²) in [4.78, 5) is 0. The number of rotatable bonds is 11. The molecule has 0 atom stereocenters. The third kappa shape index (κ3) is 19.6. The minimum absolute atomic E-state index is 0.166. The minimum atomic E-state index is -3.33. The van der Waals surface area contributed by atoms with E-state index in [1.807, 2.05) is 0 Å². The molecular weight excluding hydrogens is 264 g/mol. The zero-order chi connectivity index (χ0) is 15.0. The van der Waals surface area contributed by atoms with Gasteiger partial charge in [0.2, 0.25) is 0 Å². The molecule has 0 saturated heterocycles. The predicted molar refractivity (Wildman–Crippen MR) is 68.2 cm³/mol. The van der Waals surface area contributed by atoms with E-state index in [1.165, 1.54) is 0 Å². The van der Waals surface area contributed by atoms with E-state index in [0.29, 0.717) is 13.0 Å². The highest BCUT2D eigenvalue weighted by atomic mass is 19.3. The molecule has 0 aliphatic carbocycles. The highest BCUT2D eigenvalue weighted by Crippen LogP contribution is 2.13. The Labute approximate surface area is 112 Å². The first-order chi connectivity index (χ1) is 9.04. The van der Waals surface area contributed by atoms with Gasteiger partial charge in [0.1, 0.15) is 13.3 Å². The van der Waals surface area contributed by atoms with Crippen LogP contribution in [0.1, 0.15) is 12.8 Å². The fourth-order valence-corrected chi connectivity index (χ4v) is 0.750. The maximum Gasteiger partial charge on any atom is 0.298 e. The SMILES string of the molecule is C=CCCOCC(F)(F)CF.C=CCCOCCF. The summed E-state index contributed by atoms with van der Waals surface area (Å²) in [6.45, 7) is 4.92. The smallest absolute Gasteiger partial charge is 0.298 e. The van der Waals surface area contributed by atoms with Crippen molar-refractivity contribution < 1.29 is 27.0 Å². The Bertz CT molecular complexity index is 211. The van der Waals surface area contributed by atoms with Crippen LogP contribution in [0.15, 0.2) is 25.3 Å². The molecule has 0 N–H and O–H groups in total. The van der Waals surface area contributed by atoms with Crippen LogP contribution in [0.3, 0.4) is 0 Å². The molecule has 0 fully saturated rings. The average molecular weight is 286 g/mol. The van der Waals surface area contributed by atoms with E-state index in [0.717, 1.165) is 6.42 Å². The van der Waals surface area contributed by atoms with Gasteiger partial charge in [0.05, 0.1) is 19.8 Å². The lowest BCUT2D eigenvalue weighted by atomic mass is 10.4. The Morgan fingerprint density at radius 3 is 1.84 bits per heavy atom. The maximum atomic E-state index is 12.1. The Balaban J connectivity index is 0. The van der Waals surface area contributed by atoms with Crippen molar-refractivity contribution in [3.63, 3.8) is 0 Å². The summed E-state index contributed by atoms with van der Waals surface area (Å²) in [6.07, 6.45) is 4.61. The highest BCUT2D eigenvalue weighted by molar-refractivity contribution is 4.66. The van der Waals surface area contributed by atoms with Crippen LogP contribution in [-0.2, 0) is 9.47 Å². The first-order valence-corrected chi connectivity index (χ1v) is 5.91. The standard InChI is InChI=1S/C7H11F3O.C6H11FO/c1-2-3-4-11-6-7(9,10)5-8;1-2-3-5-8-6-4-7/h2H,1,3-6H2;2H,1,3-6H2. The van der Waals surface area contributed by atoms with Crippen molar-refractivity contribution in [2.45, 2.75) is 18.8 Å². The van der Waals surface area contributed by atoms with Gasteiger partial charge in [-0.1, -0.05) is 12.2 Å². The first-order valence-electron chi connectivity index (χ1n) is 5.91. The fourth-order valence-electron chi connectivity index (χ4n) is 0.750. The van der Waals surface area contributed by atoms with Gasteiger partial charge in [-0.15, -0.1) is 13.2 Å². The molecule has 2 nitrogen and oxygen atoms in total. The molecule has 0 aromatic rings. The van der Waals surface area contributed by atoms with Crippen LogP contribution in [0.4, 0.5) is 17.6 Å². The predicted octanol–water partition coefficient (Wildman–Crippen LogP) is 3.73. The zero-order valence-corrected chi connectivity index (χ0v) is 11.1. The minimum Gasteiger partial charge on any atom is -0.378 e. The summed E-state index contributed by atoms with van der Waals surface area (Å²) in [5.41, 5.74) is 0. The Morgan fingerprint density at radius 1 is 0.895 bits per heavy atom. The largest absolute Gasteiger partial charge is 0.378 e. The van der Waals surface area contributed by atoms with Gasteiger partial charge in [-0.3, -0.25) is 0 Å². The van der Waals surface area contributed by atoms with E-state index in [4.69, 9.17) is 4.74 Å². The molecule has 0 unspecified atom stereocenters. The van der Waals surface area contributed by atoms with Crippen LogP contribution in [-0.4, -0.2) is 45.7 Å². The lowest BCUT2D eigenvalue weighted by Gasteiger charge is -2.11. The second kappa shape index (κ2) is 15.2. The molecule has 114 valence electrons. The van der Waals surface area contributed by atoms with E-state index >= 15 is 0 Å². The van der Waals surface area contributed by atoms with Crippen LogP contribution in [0.2, 0.25) is 0 Å². The van der Waals surface area contributed by atoms with Crippen LogP contribution < -0.4 is 0 Å². The van der Waals surface area contributed by atoms with Gasteiger partial charge >= 0.3 is 0 Å². The summed E-state index contributed by atoms with van der Waals surface area (Å²) in [5.74, 6) is -3.33. The maximum absolute atomic E-state index is 12.1. The molecule has 0 spiro atoms. The van der Waals surface area contributed by atoms with E-state index in [-0.39, 0.29) is 13.2 Å². The van der Waals surface area contributed by atoms with Gasteiger partial charge < -0.3 is 9.47 Å². The molecule has 0 amide bonds. The number of halogens is 4. The molecule has 0 aliphatic heterocycles. The number of hydrogen-bond acceptors (Lipinski definition) is 2. The van der Waals surface area contributed by atoms with Crippen molar-refractivity contribution in [3.05, 3.63) is 25.3 Å². The summed E-state index contributed by atoms with van der Waals surface area (Å²) in [6, 6.07) is 0. The first kappa shape index (κ1) is 20.4. The van der Waals surface area contributed by atoms with Gasteiger partial charge in [0, 0.05) is 0 Å². The highest BCUT2D eigenvalue weighted by Gasteiger charge is 2.28. The van der Waals surface area contributed by atoms with Gasteiger partial charge in [-0.25, -0.2) is 17.6 Å². The molecule has 0 heterocycles. The van der Waals surface area contributed by atoms with Gasteiger partial charge in [0.15, 0.2) is 6.67 Å². The second-order valence-electron chi connectivity index (χ2n) is 3.50. The quantitative estimate of drug-likeness (QED) is 0.327. The molecule has 6 heteroatoms. The third-order valence-corrected chi connectivity index (χ3v) is 1.66. The van der Waals surface area contributed by atoms with Crippen molar-refractivity contribution in [3.8, 4) is 0 Å². The lowest BCUT2D eigenvalue weighted by molar-refractivity contribution is -0.0892. The van der Waals surface area contributed by atoms with E-state index < -0.39 is 25.9 Å². The van der Waals surface area contributed by atoms with E-state index in [1.54, 1.807) is 12.2 Å². The molecule has 19 heavy (non-hydrogen) atoms. The van der Waals surface area contributed by atoms with Crippen LogP contribution in [0.25, 0.3) is 0 Å². The lowest BCUT2D eigenvalue weighted by Crippen LogP contribution is -2.26. The molecule has 0 aromatic heterocycles. The Hall–Kier alpha value is -0.880. The summed E-state index contributed by atoms with van der Waals surface area (Å²) >= 11 is 0. The zero-order valence-electron chi connectivity index (χ0n) is 11.1. The second-order valence-corrected chi connectivity index (χ2v) is 3.50. The Kier molecular flexibility index (Phi) is 16.3. The molecule has 0 rings (SSSR count). The third-order valence-electron chi connectivity index (χ3n) is 1.66. The molecule has 0 aliphatic rings. The van der Waals surface area contributed by atoms with Crippen molar-refractivity contribution in [1.82, 2.24) is 0 Å². The van der Waals surface area contributed by atoms with Crippen molar-refractivity contribution in [1.29, 1.82) is 0 Å². The van der Waals surface area contributed by atoms with E-state index in [2.05, 4.69) is 17.9 Å². The van der Waals surface area contributed by atoms with Crippen LogP contribution >= 0.6 is 0 Å². The van der Waals surface area contributed by atoms with Crippen molar-refractivity contribution >= 4 is 0 Å². The van der Waals surface area contributed by atoms with Crippen LogP contribution in [0, 0.1) is 0 Å². The Morgan fingerprint density at radius 2 is 1.42 bits per heavy atom.